The van der Waals surface area contributed by atoms with Crippen LogP contribution in [-0.2, 0) is 4.79 Å². The van der Waals surface area contributed by atoms with E-state index in [1.807, 2.05) is 0 Å². The van der Waals surface area contributed by atoms with E-state index in [0.717, 1.165) is 24.7 Å². The van der Waals surface area contributed by atoms with Gasteiger partial charge < -0.3 is 4.79 Å². The lowest BCUT2D eigenvalue weighted by Gasteiger charge is -2.19. The predicted molar refractivity (Wildman–Crippen MR) is 57.8 cm³/mol. The van der Waals surface area contributed by atoms with Crippen molar-refractivity contribution in [2.24, 2.45) is 11.8 Å². The quantitative estimate of drug-likeness (QED) is 0.588. The molecule has 0 fully saturated rings. The molecule has 1 unspecified atom stereocenters. The highest BCUT2D eigenvalue weighted by atomic mass is 16.1. The fourth-order valence-corrected chi connectivity index (χ4v) is 1.67. The van der Waals surface area contributed by atoms with Crippen LogP contribution in [0.15, 0.2) is 0 Å². The minimum absolute atomic E-state index is 0.335. The molecule has 1 heteroatoms. The van der Waals surface area contributed by atoms with Crippen LogP contribution in [0.3, 0.4) is 0 Å². The number of unbranched alkanes of at least 4 members (excludes halogenated alkanes) is 1. The molecule has 0 spiro atoms. The third kappa shape index (κ3) is 6.80. The summed E-state index contributed by atoms with van der Waals surface area (Å²) in [6, 6.07) is 0. The molecule has 0 heterocycles. The van der Waals surface area contributed by atoms with Gasteiger partial charge in [0, 0.05) is 6.42 Å². The summed E-state index contributed by atoms with van der Waals surface area (Å²) >= 11 is 0. The molecular formula is C12H24O. The van der Waals surface area contributed by atoms with Gasteiger partial charge in [-0.25, -0.2) is 0 Å². The smallest absolute Gasteiger partial charge is 0.129 e. The highest BCUT2D eigenvalue weighted by Crippen LogP contribution is 2.23. The van der Waals surface area contributed by atoms with Gasteiger partial charge in [0.1, 0.15) is 5.78 Å². The minimum Gasteiger partial charge on any atom is -0.300 e. The fourth-order valence-electron chi connectivity index (χ4n) is 1.67. The molecule has 1 atom stereocenters. The second kappa shape index (κ2) is 7.11. The number of carbonyl (C=O) groups is 1. The summed E-state index contributed by atoms with van der Waals surface area (Å²) < 4.78 is 0. The molecule has 0 rings (SSSR count). The van der Waals surface area contributed by atoms with E-state index in [9.17, 15) is 4.79 Å². The topological polar surface area (TPSA) is 17.1 Å². The van der Waals surface area contributed by atoms with Crippen LogP contribution in [0.1, 0.15) is 59.8 Å². The van der Waals surface area contributed by atoms with Gasteiger partial charge in [0.25, 0.3) is 0 Å². The third-order valence-electron chi connectivity index (χ3n) is 2.74. The number of Topliss-reactive ketones (excluding diaryl/α,β-unsaturated/α-hetero) is 1. The Morgan fingerprint density at radius 3 is 2.23 bits per heavy atom. The first-order valence-electron chi connectivity index (χ1n) is 5.57. The lowest BCUT2D eigenvalue weighted by Crippen LogP contribution is -2.10. The predicted octanol–water partition coefficient (Wildman–Crippen LogP) is 3.82. The average molecular weight is 184 g/mol. The molecule has 0 bridgehead atoms. The molecule has 0 saturated heterocycles. The zero-order chi connectivity index (χ0) is 10.3. The Hall–Kier alpha value is -0.330. The second-order valence-corrected chi connectivity index (χ2v) is 4.39. The van der Waals surface area contributed by atoms with Crippen LogP contribution in [0.25, 0.3) is 0 Å². The van der Waals surface area contributed by atoms with E-state index < -0.39 is 0 Å². The van der Waals surface area contributed by atoms with Crippen LogP contribution in [-0.4, -0.2) is 5.78 Å². The lowest BCUT2D eigenvalue weighted by atomic mass is 9.86. The van der Waals surface area contributed by atoms with Gasteiger partial charge in [-0.05, 0) is 25.2 Å². The van der Waals surface area contributed by atoms with Crippen molar-refractivity contribution in [2.75, 3.05) is 0 Å². The molecule has 0 amide bonds. The zero-order valence-corrected chi connectivity index (χ0v) is 9.60. The van der Waals surface area contributed by atoms with E-state index in [2.05, 4.69) is 20.8 Å². The normalized spacial score (nSPS) is 13.3. The SMILES string of the molecule is CCCCC(CCC(C)=O)C(C)C. The first-order chi connectivity index (χ1) is 6.07. The Kier molecular flexibility index (Phi) is 6.93. The van der Waals surface area contributed by atoms with E-state index in [4.69, 9.17) is 0 Å². The van der Waals surface area contributed by atoms with E-state index in [1.165, 1.54) is 19.3 Å². The number of ketones is 1. The monoisotopic (exact) mass is 184 g/mol. The van der Waals surface area contributed by atoms with Crippen molar-refractivity contribution in [3.05, 3.63) is 0 Å². The molecule has 0 aromatic heterocycles. The van der Waals surface area contributed by atoms with E-state index >= 15 is 0 Å². The van der Waals surface area contributed by atoms with Crippen molar-refractivity contribution in [1.29, 1.82) is 0 Å². The number of hydrogen-bond donors (Lipinski definition) is 0. The Labute approximate surface area is 82.9 Å². The Morgan fingerprint density at radius 2 is 1.85 bits per heavy atom. The summed E-state index contributed by atoms with van der Waals surface area (Å²) in [5.41, 5.74) is 0. The Morgan fingerprint density at radius 1 is 1.23 bits per heavy atom. The van der Waals surface area contributed by atoms with Crippen LogP contribution in [0.4, 0.5) is 0 Å². The van der Waals surface area contributed by atoms with Crippen molar-refractivity contribution in [3.63, 3.8) is 0 Å². The van der Waals surface area contributed by atoms with Crippen molar-refractivity contribution < 1.29 is 4.79 Å². The zero-order valence-electron chi connectivity index (χ0n) is 9.60. The summed E-state index contributed by atoms with van der Waals surface area (Å²) in [6.07, 6.45) is 5.73. The van der Waals surface area contributed by atoms with Crippen LogP contribution < -0.4 is 0 Å². The summed E-state index contributed by atoms with van der Waals surface area (Å²) in [7, 11) is 0. The van der Waals surface area contributed by atoms with Crippen molar-refractivity contribution >= 4 is 5.78 Å². The minimum atomic E-state index is 0.335. The van der Waals surface area contributed by atoms with Crippen molar-refractivity contribution in [3.8, 4) is 0 Å². The van der Waals surface area contributed by atoms with E-state index in [-0.39, 0.29) is 0 Å². The Balaban J connectivity index is 3.73. The first kappa shape index (κ1) is 12.7. The summed E-state index contributed by atoms with van der Waals surface area (Å²) in [6.45, 7) is 8.44. The average Bonchev–Trinajstić information content (AvgIpc) is 2.03. The molecule has 0 aliphatic carbocycles. The van der Waals surface area contributed by atoms with Gasteiger partial charge in [0.15, 0.2) is 0 Å². The summed E-state index contributed by atoms with van der Waals surface area (Å²) in [4.78, 5) is 10.8. The highest BCUT2D eigenvalue weighted by Gasteiger charge is 2.12. The maximum Gasteiger partial charge on any atom is 0.129 e. The first-order valence-corrected chi connectivity index (χ1v) is 5.57. The van der Waals surface area contributed by atoms with Crippen molar-refractivity contribution in [2.45, 2.75) is 59.8 Å². The standard InChI is InChI=1S/C12H24O/c1-5-6-7-12(10(2)3)9-8-11(4)13/h10,12H,5-9H2,1-4H3. The maximum atomic E-state index is 10.8. The third-order valence-corrected chi connectivity index (χ3v) is 2.74. The fraction of sp³-hybridized carbons (Fsp3) is 0.917. The molecule has 1 nitrogen and oxygen atoms in total. The molecule has 0 aromatic carbocycles. The van der Waals surface area contributed by atoms with Gasteiger partial charge in [0.05, 0.1) is 0 Å². The van der Waals surface area contributed by atoms with Crippen LogP contribution in [0.2, 0.25) is 0 Å². The van der Waals surface area contributed by atoms with Gasteiger partial charge in [-0.15, -0.1) is 0 Å². The van der Waals surface area contributed by atoms with Gasteiger partial charge in [-0.1, -0.05) is 40.0 Å². The van der Waals surface area contributed by atoms with Crippen LogP contribution in [0.5, 0.6) is 0 Å². The molecule has 0 radical (unpaired) electrons. The van der Waals surface area contributed by atoms with Gasteiger partial charge in [0.2, 0.25) is 0 Å². The molecule has 0 N–H and O–H groups in total. The van der Waals surface area contributed by atoms with Gasteiger partial charge >= 0.3 is 0 Å². The van der Waals surface area contributed by atoms with Crippen molar-refractivity contribution in [1.82, 2.24) is 0 Å². The van der Waals surface area contributed by atoms with Crippen LogP contribution in [0, 0.1) is 11.8 Å². The molecule has 78 valence electrons. The molecule has 0 aromatic rings. The second-order valence-electron chi connectivity index (χ2n) is 4.39. The van der Waals surface area contributed by atoms with Crippen LogP contribution >= 0.6 is 0 Å². The summed E-state index contributed by atoms with van der Waals surface area (Å²) in [5.74, 6) is 1.82. The number of carbonyl (C=O) groups excluding carboxylic acids is 1. The number of hydrogen-bond acceptors (Lipinski definition) is 1. The molecule has 0 aliphatic heterocycles. The van der Waals surface area contributed by atoms with E-state index in [0.29, 0.717) is 5.78 Å². The van der Waals surface area contributed by atoms with Gasteiger partial charge in [-0.3, -0.25) is 0 Å². The maximum absolute atomic E-state index is 10.8. The largest absolute Gasteiger partial charge is 0.300 e. The highest BCUT2D eigenvalue weighted by molar-refractivity contribution is 5.75. The molecular weight excluding hydrogens is 160 g/mol. The molecule has 0 saturated carbocycles. The molecule has 13 heavy (non-hydrogen) atoms. The van der Waals surface area contributed by atoms with Gasteiger partial charge in [-0.2, -0.15) is 0 Å². The lowest BCUT2D eigenvalue weighted by molar-refractivity contribution is -0.117. The van der Waals surface area contributed by atoms with E-state index in [1.54, 1.807) is 6.92 Å². The Bertz CT molecular complexity index is 138. The molecule has 0 aliphatic rings. The summed E-state index contributed by atoms with van der Waals surface area (Å²) in [5, 5.41) is 0. The number of rotatable bonds is 7.